The molecule has 0 aliphatic carbocycles. The molecule has 2 aliphatic heterocycles. The van der Waals surface area contributed by atoms with Gasteiger partial charge in [-0.3, -0.25) is 0 Å². The van der Waals surface area contributed by atoms with Crippen LogP contribution in [0.15, 0.2) is 18.2 Å². The van der Waals surface area contributed by atoms with Gasteiger partial charge < -0.3 is 10.1 Å². The minimum absolute atomic E-state index is 0.330. The Morgan fingerprint density at radius 3 is 2.81 bits per heavy atom. The van der Waals surface area contributed by atoms with Crippen LogP contribution in [0.1, 0.15) is 31.2 Å². The average Bonchev–Trinajstić information content (AvgIpc) is 2.52. The Balaban J connectivity index is 1.59. The average molecular weight is 326 g/mol. The lowest BCUT2D eigenvalue weighted by atomic mass is 9.91. The minimum atomic E-state index is 0.330. The van der Waals surface area contributed by atoms with E-state index in [0.29, 0.717) is 6.10 Å². The first-order valence-corrected chi connectivity index (χ1v) is 9.58. The number of thioether (sulfide) groups is 1. The van der Waals surface area contributed by atoms with Crippen molar-refractivity contribution in [2.75, 3.05) is 24.6 Å². The largest absolute Gasteiger partial charge is 0.488 e. The maximum atomic E-state index is 6.42. The second-order valence-corrected chi connectivity index (χ2v) is 7.68. The minimum Gasteiger partial charge on any atom is -0.488 e. The number of ether oxygens (including phenoxy) is 1. The van der Waals surface area contributed by atoms with Crippen molar-refractivity contribution < 1.29 is 4.74 Å². The fraction of sp³-hybridized carbons (Fsp3) is 0.647. The predicted octanol–water partition coefficient (Wildman–Crippen LogP) is 4.16. The molecular weight excluding hydrogens is 302 g/mol. The zero-order valence-electron chi connectivity index (χ0n) is 12.4. The molecule has 2 nitrogen and oxygen atoms in total. The van der Waals surface area contributed by atoms with Crippen molar-refractivity contribution in [3.8, 4) is 5.75 Å². The Morgan fingerprint density at radius 1 is 1.24 bits per heavy atom. The maximum absolute atomic E-state index is 6.42. The molecule has 2 aliphatic rings. The maximum Gasteiger partial charge on any atom is 0.138 e. The molecule has 4 heteroatoms. The van der Waals surface area contributed by atoms with Crippen LogP contribution in [-0.4, -0.2) is 30.7 Å². The summed E-state index contributed by atoms with van der Waals surface area (Å²) in [6.45, 7) is 2.30. The van der Waals surface area contributed by atoms with Crippen LogP contribution < -0.4 is 10.1 Å². The molecule has 3 rings (SSSR count). The van der Waals surface area contributed by atoms with E-state index in [4.69, 9.17) is 16.3 Å². The van der Waals surface area contributed by atoms with Crippen molar-refractivity contribution in [2.45, 2.75) is 38.2 Å². The summed E-state index contributed by atoms with van der Waals surface area (Å²) < 4.78 is 6.07. The Bertz CT molecular complexity index is 456. The second-order valence-electron chi connectivity index (χ2n) is 6.12. The van der Waals surface area contributed by atoms with Crippen molar-refractivity contribution in [3.05, 3.63) is 28.8 Å². The van der Waals surface area contributed by atoms with Crippen LogP contribution in [0.25, 0.3) is 0 Å². The molecule has 0 radical (unpaired) electrons. The Labute approximate surface area is 137 Å². The second kappa shape index (κ2) is 7.75. The topological polar surface area (TPSA) is 21.3 Å². The number of hydrogen-bond donors (Lipinski definition) is 1. The third-order valence-electron chi connectivity index (χ3n) is 4.39. The number of benzene rings is 1. The molecule has 2 heterocycles. The summed E-state index contributed by atoms with van der Waals surface area (Å²) in [5.41, 5.74) is 1.34. The summed E-state index contributed by atoms with van der Waals surface area (Å²) in [5, 5.41) is 4.19. The Kier molecular flexibility index (Phi) is 5.73. The quantitative estimate of drug-likeness (QED) is 0.898. The molecule has 2 fully saturated rings. The van der Waals surface area contributed by atoms with Gasteiger partial charge in [0.15, 0.2) is 0 Å². The molecule has 1 aromatic rings. The van der Waals surface area contributed by atoms with Gasteiger partial charge in [0, 0.05) is 5.75 Å². The third-order valence-corrected chi connectivity index (χ3v) is 5.87. The number of rotatable bonds is 4. The smallest absolute Gasteiger partial charge is 0.138 e. The molecule has 0 spiro atoms. The summed E-state index contributed by atoms with van der Waals surface area (Å²) in [7, 11) is 0. The van der Waals surface area contributed by atoms with Crippen molar-refractivity contribution >= 4 is 23.4 Å². The highest BCUT2D eigenvalue weighted by molar-refractivity contribution is 7.99. The number of nitrogens with one attached hydrogen (secondary N) is 1. The predicted molar refractivity (Wildman–Crippen MR) is 91.7 cm³/mol. The van der Waals surface area contributed by atoms with Crippen LogP contribution >= 0.6 is 23.4 Å². The highest BCUT2D eigenvalue weighted by atomic mass is 35.5. The van der Waals surface area contributed by atoms with Gasteiger partial charge >= 0.3 is 0 Å². The molecule has 2 saturated heterocycles. The fourth-order valence-electron chi connectivity index (χ4n) is 3.17. The first kappa shape index (κ1) is 15.5. The summed E-state index contributed by atoms with van der Waals surface area (Å²) >= 11 is 8.40. The van der Waals surface area contributed by atoms with Crippen LogP contribution in [0, 0.1) is 5.92 Å². The van der Waals surface area contributed by atoms with Crippen molar-refractivity contribution in [1.29, 1.82) is 0 Å². The molecular formula is C17H24ClNOS. The molecule has 116 valence electrons. The molecule has 0 saturated carbocycles. The van der Waals surface area contributed by atoms with Crippen molar-refractivity contribution in [1.82, 2.24) is 5.32 Å². The van der Waals surface area contributed by atoms with E-state index in [1.165, 1.54) is 30.6 Å². The third kappa shape index (κ3) is 4.54. The lowest BCUT2D eigenvalue weighted by Gasteiger charge is -2.24. The molecule has 1 N–H and O–H groups in total. The van der Waals surface area contributed by atoms with Gasteiger partial charge in [-0.1, -0.05) is 17.7 Å². The molecule has 0 bridgehead atoms. The van der Waals surface area contributed by atoms with E-state index in [0.717, 1.165) is 48.4 Å². The van der Waals surface area contributed by atoms with E-state index in [1.54, 1.807) is 0 Å². The van der Waals surface area contributed by atoms with Gasteiger partial charge in [0.25, 0.3) is 0 Å². The van der Waals surface area contributed by atoms with Gasteiger partial charge in [0.1, 0.15) is 11.9 Å². The van der Waals surface area contributed by atoms with E-state index in [-0.39, 0.29) is 0 Å². The highest BCUT2D eigenvalue weighted by Crippen LogP contribution is 2.30. The number of halogens is 1. The lowest BCUT2D eigenvalue weighted by molar-refractivity contribution is 0.211. The Hall–Kier alpha value is -0.380. The van der Waals surface area contributed by atoms with Gasteiger partial charge in [-0.25, -0.2) is 0 Å². The SMILES string of the molecule is Clc1cc(CC2CCNCC2)ccc1OC1CCCSC1. The monoisotopic (exact) mass is 325 g/mol. The Morgan fingerprint density at radius 2 is 2.10 bits per heavy atom. The molecule has 1 unspecified atom stereocenters. The summed E-state index contributed by atoms with van der Waals surface area (Å²) in [6, 6.07) is 6.37. The van der Waals surface area contributed by atoms with E-state index in [9.17, 15) is 0 Å². The van der Waals surface area contributed by atoms with Crippen LogP contribution in [0.4, 0.5) is 0 Å². The lowest BCUT2D eigenvalue weighted by Crippen LogP contribution is -2.28. The summed E-state index contributed by atoms with van der Waals surface area (Å²) in [5.74, 6) is 4.01. The van der Waals surface area contributed by atoms with Crippen LogP contribution in [-0.2, 0) is 6.42 Å². The van der Waals surface area contributed by atoms with Gasteiger partial charge in [-0.2, -0.15) is 11.8 Å². The van der Waals surface area contributed by atoms with Crippen molar-refractivity contribution in [3.63, 3.8) is 0 Å². The first-order chi connectivity index (χ1) is 10.3. The van der Waals surface area contributed by atoms with E-state index in [1.807, 2.05) is 11.8 Å². The van der Waals surface area contributed by atoms with Crippen LogP contribution in [0.5, 0.6) is 5.75 Å². The van der Waals surface area contributed by atoms with Gasteiger partial charge in [-0.15, -0.1) is 0 Å². The molecule has 0 amide bonds. The first-order valence-electron chi connectivity index (χ1n) is 8.05. The van der Waals surface area contributed by atoms with Gasteiger partial charge in [0.2, 0.25) is 0 Å². The van der Waals surface area contributed by atoms with Crippen LogP contribution in [0.3, 0.4) is 0 Å². The molecule has 0 aromatic heterocycles. The normalized spacial score (nSPS) is 24.0. The fourth-order valence-corrected chi connectivity index (χ4v) is 4.45. The number of hydrogen-bond acceptors (Lipinski definition) is 3. The zero-order valence-corrected chi connectivity index (χ0v) is 14.0. The number of piperidine rings is 1. The highest BCUT2D eigenvalue weighted by Gasteiger charge is 2.18. The van der Waals surface area contributed by atoms with E-state index >= 15 is 0 Å². The molecule has 1 atom stereocenters. The van der Waals surface area contributed by atoms with E-state index in [2.05, 4.69) is 23.5 Å². The zero-order chi connectivity index (χ0) is 14.5. The standard InChI is InChI=1S/C17H24ClNOS/c18-16-11-14(10-13-5-7-19-8-6-13)3-4-17(16)20-15-2-1-9-21-12-15/h3-4,11,13,15,19H,1-2,5-10,12H2. The van der Waals surface area contributed by atoms with Gasteiger partial charge in [0.05, 0.1) is 5.02 Å². The molecule has 1 aromatic carbocycles. The van der Waals surface area contributed by atoms with Crippen molar-refractivity contribution in [2.24, 2.45) is 5.92 Å². The van der Waals surface area contributed by atoms with E-state index < -0.39 is 0 Å². The van der Waals surface area contributed by atoms with Crippen LogP contribution in [0.2, 0.25) is 5.02 Å². The summed E-state index contributed by atoms with van der Waals surface area (Å²) in [4.78, 5) is 0. The van der Waals surface area contributed by atoms with Gasteiger partial charge in [-0.05, 0) is 74.6 Å². The summed E-state index contributed by atoms with van der Waals surface area (Å²) in [6.07, 6.45) is 6.42. The molecule has 21 heavy (non-hydrogen) atoms.